The summed E-state index contributed by atoms with van der Waals surface area (Å²) in [5.41, 5.74) is 0.669. The summed E-state index contributed by atoms with van der Waals surface area (Å²) >= 11 is 0. The number of rotatable bonds is 5. The topological polar surface area (TPSA) is 89.4 Å². The Bertz CT molecular complexity index is 1370. The summed E-state index contributed by atoms with van der Waals surface area (Å²) in [6.45, 7) is 1.76. The summed E-state index contributed by atoms with van der Waals surface area (Å²) < 4.78 is 53.4. The van der Waals surface area contributed by atoms with E-state index in [1.54, 1.807) is 11.6 Å². The maximum absolute atomic E-state index is 13.2. The van der Waals surface area contributed by atoms with Gasteiger partial charge in [-0.25, -0.2) is 14.1 Å². The molecule has 1 aliphatic carbocycles. The smallest absolute Gasteiger partial charge is 0.310 e. The van der Waals surface area contributed by atoms with E-state index in [1.165, 1.54) is 18.2 Å². The van der Waals surface area contributed by atoms with Crippen molar-refractivity contribution in [2.24, 2.45) is 0 Å². The van der Waals surface area contributed by atoms with E-state index in [-0.39, 0.29) is 17.9 Å². The van der Waals surface area contributed by atoms with Gasteiger partial charge >= 0.3 is 6.18 Å². The van der Waals surface area contributed by atoms with Crippen molar-refractivity contribution in [3.63, 3.8) is 0 Å². The minimum Gasteiger partial charge on any atom is -0.310 e. The van der Waals surface area contributed by atoms with Crippen LogP contribution in [0.3, 0.4) is 0 Å². The number of aromatic nitrogens is 6. The molecule has 33 heavy (non-hydrogen) atoms. The fourth-order valence-electron chi connectivity index (χ4n) is 3.76. The maximum Gasteiger partial charge on any atom is 0.433 e. The largest absolute Gasteiger partial charge is 0.433 e. The highest BCUT2D eigenvalue weighted by molar-refractivity contribution is 5.78. The standard InChI is InChI=1S/C22H18F4N6O/c1-11(13-4-7-16(28-9-13)22(24,25)26)32-20-18(19(31-32)12-2-3-12)21(33)30-17(29-20)8-15-6-5-14(23)10-27-15/h4-7,9-12H,2-3,8H2,1H3,(H,29,30,33). The summed E-state index contributed by atoms with van der Waals surface area (Å²) in [6.07, 6.45) is -0.301. The molecule has 7 nitrogen and oxygen atoms in total. The Morgan fingerprint density at radius 1 is 1.15 bits per heavy atom. The summed E-state index contributed by atoms with van der Waals surface area (Å²) in [7, 11) is 0. The van der Waals surface area contributed by atoms with Gasteiger partial charge in [0, 0.05) is 24.2 Å². The highest BCUT2D eigenvalue weighted by atomic mass is 19.4. The van der Waals surface area contributed by atoms with E-state index >= 15 is 0 Å². The number of hydrogen-bond acceptors (Lipinski definition) is 5. The minimum atomic E-state index is -4.53. The quantitative estimate of drug-likeness (QED) is 0.454. The first-order chi connectivity index (χ1) is 15.7. The van der Waals surface area contributed by atoms with Crippen LogP contribution < -0.4 is 5.56 Å². The Labute approximate surface area is 184 Å². The Morgan fingerprint density at radius 2 is 1.94 bits per heavy atom. The molecule has 0 spiro atoms. The van der Waals surface area contributed by atoms with Crippen molar-refractivity contribution in [3.8, 4) is 0 Å². The predicted molar refractivity (Wildman–Crippen MR) is 110 cm³/mol. The molecule has 11 heteroatoms. The molecular formula is C22H18F4N6O. The van der Waals surface area contributed by atoms with Crippen LogP contribution in [0, 0.1) is 5.82 Å². The van der Waals surface area contributed by atoms with Gasteiger partial charge in [-0.1, -0.05) is 6.07 Å². The van der Waals surface area contributed by atoms with Crippen molar-refractivity contribution in [2.75, 3.05) is 0 Å². The molecule has 1 unspecified atom stereocenters. The molecule has 170 valence electrons. The fraction of sp³-hybridized carbons (Fsp3) is 0.318. The molecule has 1 fully saturated rings. The first-order valence-corrected chi connectivity index (χ1v) is 10.4. The third kappa shape index (κ3) is 4.10. The summed E-state index contributed by atoms with van der Waals surface area (Å²) in [6, 6.07) is 4.53. The Hall–Kier alpha value is -3.63. The van der Waals surface area contributed by atoms with E-state index in [9.17, 15) is 22.4 Å². The van der Waals surface area contributed by atoms with Crippen LogP contribution >= 0.6 is 0 Å². The van der Waals surface area contributed by atoms with Crippen molar-refractivity contribution in [1.29, 1.82) is 0 Å². The maximum atomic E-state index is 13.2. The number of nitrogens with one attached hydrogen (secondary N) is 1. The average molecular weight is 458 g/mol. The molecule has 5 rings (SSSR count). The zero-order valence-electron chi connectivity index (χ0n) is 17.4. The van der Waals surface area contributed by atoms with Gasteiger partial charge in [0.1, 0.15) is 22.7 Å². The first kappa shape index (κ1) is 21.2. The van der Waals surface area contributed by atoms with Crippen LogP contribution in [0.4, 0.5) is 17.6 Å². The lowest BCUT2D eigenvalue weighted by Gasteiger charge is -2.14. The highest BCUT2D eigenvalue weighted by Gasteiger charge is 2.34. The van der Waals surface area contributed by atoms with Crippen LogP contribution in [-0.4, -0.2) is 29.7 Å². The summed E-state index contributed by atoms with van der Waals surface area (Å²) in [5.74, 6) is 0.00817. The number of nitrogens with zero attached hydrogens (tertiary/aromatic N) is 5. The number of H-pyrrole nitrogens is 1. The van der Waals surface area contributed by atoms with E-state index in [0.29, 0.717) is 33.8 Å². The Kier molecular flexibility index (Phi) is 4.98. The number of fused-ring (bicyclic) bond motifs is 1. The van der Waals surface area contributed by atoms with Crippen molar-refractivity contribution in [2.45, 2.75) is 44.3 Å². The molecule has 0 radical (unpaired) electrons. The molecule has 0 amide bonds. The van der Waals surface area contributed by atoms with Crippen molar-refractivity contribution >= 4 is 11.0 Å². The van der Waals surface area contributed by atoms with Crippen molar-refractivity contribution in [1.82, 2.24) is 29.7 Å². The second-order valence-corrected chi connectivity index (χ2v) is 8.11. The molecule has 1 atom stereocenters. The first-order valence-electron chi connectivity index (χ1n) is 10.4. The van der Waals surface area contributed by atoms with Crippen LogP contribution in [0.15, 0.2) is 41.5 Å². The highest BCUT2D eigenvalue weighted by Crippen LogP contribution is 2.42. The third-order valence-electron chi connectivity index (χ3n) is 5.67. The molecule has 4 aromatic rings. The van der Waals surface area contributed by atoms with Crippen molar-refractivity contribution in [3.05, 3.63) is 81.3 Å². The number of hydrogen-bond donors (Lipinski definition) is 1. The molecule has 1 N–H and O–H groups in total. The molecule has 0 aromatic carbocycles. The molecular weight excluding hydrogens is 440 g/mol. The number of pyridine rings is 2. The average Bonchev–Trinajstić information content (AvgIpc) is 3.55. The zero-order valence-corrected chi connectivity index (χ0v) is 17.4. The van der Waals surface area contributed by atoms with Gasteiger partial charge in [-0.05, 0) is 43.5 Å². The van der Waals surface area contributed by atoms with E-state index in [2.05, 4.69) is 25.0 Å². The monoisotopic (exact) mass is 458 g/mol. The van der Waals surface area contributed by atoms with Crippen LogP contribution in [0.25, 0.3) is 11.0 Å². The van der Waals surface area contributed by atoms with Gasteiger partial charge in [0.25, 0.3) is 5.56 Å². The van der Waals surface area contributed by atoms with Crippen LogP contribution in [0.5, 0.6) is 0 Å². The van der Waals surface area contributed by atoms with E-state index in [1.807, 2.05) is 0 Å². The molecule has 1 saturated carbocycles. The summed E-state index contributed by atoms with van der Waals surface area (Å²) in [5, 5.41) is 5.01. The number of halogens is 4. The second kappa shape index (κ2) is 7.75. The number of alkyl halides is 3. The summed E-state index contributed by atoms with van der Waals surface area (Å²) in [4.78, 5) is 27.9. The fourth-order valence-corrected chi connectivity index (χ4v) is 3.76. The van der Waals surface area contributed by atoms with E-state index in [0.717, 1.165) is 31.3 Å². The molecule has 0 aliphatic heterocycles. The lowest BCUT2D eigenvalue weighted by molar-refractivity contribution is -0.141. The molecule has 0 bridgehead atoms. The van der Waals surface area contributed by atoms with Gasteiger partial charge in [-0.3, -0.25) is 14.8 Å². The van der Waals surface area contributed by atoms with Crippen LogP contribution in [0.2, 0.25) is 0 Å². The van der Waals surface area contributed by atoms with Crippen molar-refractivity contribution < 1.29 is 17.6 Å². The van der Waals surface area contributed by atoms with E-state index < -0.39 is 23.7 Å². The Balaban J connectivity index is 1.58. The molecule has 4 aromatic heterocycles. The molecule has 1 aliphatic rings. The molecule has 0 saturated heterocycles. The SMILES string of the molecule is CC(c1ccc(C(F)(F)F)nc1)n1nc(C2CC2)c2c(=O)[nH]c(Cc3ccc(F)cn3)nc21. The molecule has 4 heterocycles. The zero-order chi connectivity index (χ0) is 23.3. The van der Waals surface area contributed by atoms with Gasteiger partial charge in [0.2, 0.25) is 0 Å². The lowest BCUT2D eigenvalue weighted by atomic mass is 10.1. The van der Waals surface area contributed by atoms with E-state index in [4.69, 9.17) is 0 Å². The van der Waals surface area contributed by atoms with Gasteiger partial charge in [-0.2, -0.15) is 18.3 Å². The number of aromatic amines is 1. The normalized spacial score (nSPS) is 15.2. The lowest BCUT2D eigenvalue weighted by Crippen LogP contribution is -2.16. The van der Waals surface area contributed by atoms with Crippen LogP contribution in [0.1, 0.15) is 60.2 Å². The third-order valence-corrected chi connectivity index (χ3v) is 5.67. The van der Waals surface area contributed by atoms with Crippen LogP contribution in [-0.2, 0) is 12.6 Å². The second-order valence-electron chi connectivity index (χ2n) is 8.11. The van der Waals surface area contributed by atoms with Gasteiger partial charge in [0.15, 0.2) is 5.65 Å². The predicted octanol–water partition coefficient (Wildman–Crippen LogP) is 4.15. The van der Waals surface area contributed by atoms with Gasteiger partial charge in [0.05, 0.1) is 17.9 Å². The van der Waals surface area contributed by atoms with Gasteiger partial charge in [-0.15, -0.1) is 0 Å². The Morgan fingerprint density at radius 3 is 2.55 bits per heavy atom. The minimum absolute atomic E-state index is 0.152. The van der Waals surface area contributed by atoms with Gasteiger partial charge < -0.3 is 4.98 Å².